The Hall–Kier alpha value is -2.59. The van der Waals surface area contributed by atoms with Crippen molar-refractivity contribution < 1.29 is 13.6 Å². The van der Waals surface area contributed by atoms with Gasteiger partial charge in [-0.1, -0.05) is 12.1 Å². The molecule has 10 heteroatoms. The first-order chi connectivity index (χ1) is 13.9. The van der Waals surface area contributed by atoms with Crippen molar-refractivity contribution in [2.75, 3.05) is 31.1 Å². The van der Waals surface area contributed by atoms with Gasteiger partial charge >= 0.3 is 0 Å². The van der Waals surface area contributed by atoms with Gasteiger partial charge in [0.15, 0.2) is 5.11 Å². The number of thiocarbonyl (C=S) groups is 1. The van der Waals surface area contributed by atoms with Crippen molar-refractivity contribution in [1.29, 1.82) is 0 Å². The molecule has 0 aliphatic carbocycles. The highest BCUT2D eigenvalue weighted by molar-refractivity contribution is 9.10. The van der Waals surface area contributed by atoms with Crippen LogP contribution in [0.15, 0.2) is 46.0 Å². The molecular formula is C19H18BrF2N5OS. The van der Waals surface area contributed by atoms with E-state index < -0.39 is 11.6 Å². The van der Waals surface area contributed by atoms with E-state index in [0.717, 1.165) is 22.8 Å². The van der Waals surface area contributed by atoms with Crippen LogP contribution in [0.2, 0.25) is 0 Å². The average molecular weight is 482 g/mol. The summed E-state index contributed by atoms with van der Waals surface area (Å²) in [6, 6.07) is 9.39. The fraction of sp³-hybridized carbons (Fsp3) is 0.211. The van der Waals surface area contributed by atoms with Crippen molar-refractivity contribution in [2.45, 2.75) is 0 Å². The third kappa shape index (κ3) is 5.07. The molecule has 3 rings (SSSR count). The minimum atomic E-state index is -0.624. The number of hydrogen-bond acceptors (Lipinski definition) is 4. The Kier molecular flexibility index (Phi) is 6.75. The van der Waals surface area contributed by atoms with Crippen LogP contribution in [0.25, 0.3) is 0 Å². The predicted molar refractivity (Wildman–Crippen MR) is 116 cm³/mol. The highest BCUT2D eigenvalue weighted by atomic mass is 79.9. The molecule has 1 saturated heterocycles. The number of hydrogen-bond donors (Lipinski definition) is 2. The van der Waals surface area contributed by atoms with Crippen molar-refractivity contribution >= 4 is 51.1 Å². The smallest absolute Gasteiger partial charge is 0.255 e. The zero-order valence-electron chi connectivity index (χ0n) is 15.2. The third-order valence-electron chi connectivity index (χ3n) is 4.46. The number of carbonyl (C=O) groups is 1. The largest absolute Gasteiger partial charge is 0.375 e. The van der Waals surface area contributed by atoms with E-state index in [9.17, 15) is 13.6 Å². The van der Waals surface area contributed by atoms with E-state index in [-0.39, 0.29) is 22.3 Å². The second-order valence-corrected chi connectivity index (χ2v) is 7.61. The van der Waals surface area contributed by atoms with Crippen LogP contribution in [0, 0.1) is 11.6 Å². The number of piperazine rings is 1. The van der Waals surface area contributed by atoms with Crippen LogP contribution in [0.5, 0.6) is 0 Å². The molecule has 0 spiro atoms. The summed E-state index contributed by atoms with van der Waals surface area (Å²) >= 11 is 7.97. The van der Waals surface area contributed by atoms with Crippen molar-refractivity contribution in [3.63, 3.8) is 0 Å². The Morgan fingerprint density at radius 3 is 2.52 bits per heavy atom. The van der Waals surface area contributed by atoms with Gasteiger partial charge in [-0.05, 0) is 46.3 Å². The fourth-order valence-electron chi connectivity index (χ4n) is 3.01. The molecular weight excluding hydrogens is 464 g/mol. The number of amides is 1. The second kappa shape index (κ2) is 9.27. The molecule has 0 saturated carbocycles. The molecule has 1 heterocycles. The monoisotopic (exact) mass is 481 g/mol. The molecule has 2 aromatic carbocycles. The third-order valence-corrected chi connectivity index (χ3v) is 5.24. The van der Waals surface area contributed by atoms with Crippen molar-refractivity contribution in [3.05, 3.63) is 63.6 Å². The first-order valence-corrected chi connectivity index (χ1v) is 9.93. The maximum atomic E-state index is 14.5. The predicted octanol–water partition coefficient (Wildman–Crippen LogP) is 2.86. The second-order valence-electron chi connectivity index (χ2n) is 6.32. The molecule has 152 valence electrons. The van der Waals surface area contributed by atoms with E-state index >= 15 is 0 Å². The van der Waals surface area contributed by atoms with Crippen LogP contribution in [0.1, 0.15) is 15.9 Å². The number of benzene rings is 2. The van der Waals surface area contributed by atoms with Gasteiger partial charge in [0.1, 0.15) is 11.6 Å². The lowest BCUT2D eigenvalue weighted by molar-refractivity contribution is 0.0745. The van der Waals surface area contributed by atoms with Gasteiger partial charge in [-0.2, -0.15) is 5.10 Å². The zero-order chi connectivity index (χ0) is 21.0. The maximum Gasteiger partial charge on any atom is 0.255 e. The number of halogens is 3. The number of rotatable bonds is 4. The van der Waals surface area contributed by atoms with E-state index in [1.54, 1.807) is 21.9 Å². The van der Waals surface area contributed by atoms with E-state index in [4.69, 9.17) is 5.73 Å². The average Bonchev–Trinajstić information content (AvgIpc) is 2.70. The first-order valence-electron chi connectivity index (χ1n) is 8.73. The van der Waals surface area contributed by atoms with Crippen LogP contribution >= 0.6 is 28.1 Å². The van der Waals surface area contributed by atoms with Crippen LogP contribution in [0.3, 0.4) is 0 Å². The van der Waals surface area contributed by atoms with Crippen LogP contribution in [-0.2, 0) is 0 Å². The van der Waals surface area contributed by atoms with E-state index in [2.05, 4.69) is 38.7 Å². The lowest BCUT2D eigenvalue weighted by Crippen LogP contribution is -2.49. The SMILES string of the molecule is NC(=S)NN=Cc1cc(F)c(N2CCN(C(=O)c3ccccc3Br)CC2)cc1F. The van der Waals surface area contributed by atoms with Crippen LogP contribution in [-0.4, -0.2) is 48.3 Å². The van der Waals surface area contributed by atoms with Crippen molar-refractivity contribution in [2.24, 2.45) is 10.8 Å². The molecule has 0 radical (unpaired) electrons. The van der Waals surface area contributed by atoms with Gasteiger partial charge in [0.05, 0.1) is 17.5 Å². The first kappa shape index (κ1) is 21.1. The van der Waals surface area contributed by atoms with Gasteiger partial charge in [-0.15, -0.1) is 0 Å². The Morgan fingerprint density at radius 2 is 1.86 bits per heavy atom. The lowest BCUT2D eigenvalue weighted by atomic mass is 10.1. The summed E-state index contributed by atoms with van der Waals surface area (Å²) in [7, 11) is 0. The van der Waals surface area contributed by atoms with E-state index in [1.165, 1.54) is 0 Å². The quantitative estimate of drug-likeness (QED) is 0.399. The molecule has 1 fully saturated rings. The van der Waals surface area contributed by atoms with Gasteiger partial charge in [0.25, 0.3) is 5.91 Å². The summed E-state index contributed by atoms with van der Waals surface area (Å²) in [5.41, 5.74) is 8.21. The van der Waals surface area contributed by atoms with Crippen molar-refractivity contribution in [3.8, 4) is 0 Å². The van der Waals surface area contributed by atoms with E-state index in [0.29, 0.717) is 31.7 Å². The summed E-state index contributed by atoms with van der Waals surface area (Å²) in [5, 5.41) is 3.57. The molecule has 1 amide bonds. The summed E-state index contributed by atoms with van der Waals surface area (Å²) < 4.78 is 29.6. The topological polar surface area (TPSA) is 74.0 Å². The molecule has 1 aliphatic rings. The number of carbonyl (C=O) groups excluding carboxylic acids is 1. The molecule has 6 nitrogen and oxygen atoms in total. The molecule has 0 bridgehead atoms. The molecule has 0 atom stereocenters. The van der Waals surface area contributed by atoms with Gasteiger partial charge in [0.2, 0.25) is 0 Å². The standard InChI is InChI=1S/C19H18BrF2N5OS/c20-14-4-2-1-3-13(14)18(28)27-7-5-26(6-8-27)17-10-15(21)12(9-16(17)22)11-24-25-19(23)29/h1-4,9-11H,5-8H2,(H3,23,25,29). The summed E-state index contributed by atoms with van der Waals surface area (Å²) in [5.74, 6) is -1.30. The van der Waals surface area contributed by atoms with Gasteiger partial charge in [-0.3, -0.25) is 10.2 Å². The van der Waals surface area contributed by atoms with Crippen molar-refractivity contribution in [1.82, 2.24) is 10.3 Å². The number of nitrogens with one attached hydrogen (secondary N) is 1. The highest BCUT2D eigenvalue weighted by Crippen LogP contribution is 2.25. The van der Waals surface area contributed by atoms with Gasteiger partial charge in [-0.25, -0.2) is 8.78 Å². The Morgan fingerprint density at radius 1 is 1.17 bits per heavy atom. The van der Waals surface area contributed by atoms with Gasteiger partial charge < -0.3 is 15.5 Å². The Bertz CT molecular complexity index is 964. The molecule has 1 aliphatic heterocycles. The fourth-order valence-corrected chi connectivity index (χ4v) is 3.52. The lowest BCUT2D eigenvalue weighted by Gasteiger charge is -2.36. The maximum absolute atomic E-state index is 14.5. The number of nitrogens with zero attached hydrogens (tertiary/aromatic N) is 3. The van der Waals surface area contributed by atoms with Crippen LogP contribution < -0.4 is 16.1 Å². The van der Waals surface area contributed by atoms with Crippen LogP contribution in [0.4, 0.5) is 14.5 Å². The minimum Gasteiger partial charge on any atom is -0.375 e. The number of hydrazone groups is 1. The highest BCUT2D eigenvalue weighted by Gasteiger charge is 2.25. The molecule has 29 heavy (non-hydrogen) atoms. The summed E-state index contributed by atoms with van der Waals surface area (Å²) in [6.07, 6.45) is 1.11. The molecule has 0 aromatic heterocycles. The Labute approximate surface area is 180 Å². The number of nitrogens with two attached hydrogens (primary N) is 1. The normalized spacial score (nSPS) is 14.3. The molecule has 3 N–H and O–H groups in total. The zero-order valence-corrected chi connectivity index (χ0v) is 17.6. The molecule has 0 unspecified atom stereocenters. The number of anilines is 1. The Balaban J connectivity index is 1.68. The summed E-state index contributed by atoms with van der Waals surface area (Å²) in [6.45, 7) is 1.59. The summed E-state index contributed by atoms with van der Waals surface area (Å²) in [4.78, 5) is 16.1. The van der Waals surface area contributed by atoms with Gasteiger partial charge in [0, 0.05) is 42.3 Å². The van der Waals surface area contributed by atoms with E-state index in [1.807, 2.05) is 12.1 Å². The molecule has 2 aromatic rings. The minimum absolute atomic E-state index is 0.0299.